The van der Waals surface area contributed by atoms with Gasteiger partial charge in [-0.25, -0.2) is 4.98 Å². The third kappa shape index (κ3) is 4.36. The number of nitrogens with zero attached hydrogens (tertiary/aromatic N) is 1. The molecule has 6 rings (SSSR count). The SMILES string of the molecule is Cc1ccc(-c2csc(NC(=O)c3sc4nc5c(cc4c3N)CC(c3ccccc3)CC5)c2C(N)=O)cc1. The number of hydrogen-bond donors (Lipinski definition) is 3. The van der Waals surface area contributed by atoms with Gasteiger partial charge in [-0.2, -0.15) is 0 Å². The molecular weight excluding hydrogens is 512 g/mol. The van der Waals surface area contributed by atoms with Gasteiger partial charge in [0.2, 0.25) is 0 Å². The van der Waals surface area contributed by atoms with E-state index in [1.807, 2.05) is 42.6 Å². The molecule has 190 valence electrons. The monoisotopic (exact) mass is 538 g/mol. The van der Waals surface area contributed by atoms with Crippen LogP contribution < -0.4 is 16.8 Å². The summed E-state index contributed by atoms with van der Waals surface area (Å²) in [4.78, 5) is 31.8. The van der Waals surface area contributed by atoms with Gasteiger partial charge in [-0.15, -0.1) is 22.7 Å². The number of nitrogens with one attached hydrogen (secondary N) is 1. The van der Waals surface area contributed by atoms with E-state index in [1.165, 1.54) is 33.8 Å². The zero-order chi connectivity index (χ0) is 26.4. The number of nitrogens with two attached hydrogens (primary N) is 2. The van der Waals surface area contributed by atoms with Crippen molar-refractivity contribution >= 4 is 55.4 Å². The second-order valence-electron chi connectivity index (χ2n) is 9.68. The first-order valence-electron chi connectivity index (χ1n) is 12.4. The Hall–Kier alpha value is -4.01. The molecule has 3 heterocycles. The van der Waals surface area contributed by atoms with Crippen LogP contribution in [0.1, 0.15) is 54.8 Å². The first-order chi connectivity index (χ1) is 18.4. The molecule has 38 heavy (non-hydrogen) atoms. The van der Waals surface area contributed by atoms with Crippen molar-refractivity contribution in [1.82, 2.24) is 4.98 Å². The van der Waals surface area contributed by atoms with Crippen molar-refractivity contribution in [3.8, 4) is 11.1 Å². The third-order valence-corrected chi connectivity index (χ3v) is 9.20. The summed E-state index contributed by atoms with van der Waals surface area (Å²) in [6.45, 7) is 2.00. The van der Waals surface area contributed by atoms with Gasteiger partial charge in [0.1, 0.15) is 14.7 Å². The number of aromatic nitrogens is 1. The minimum atomic E-state index is -0.594. The fraction of sp³-hybridized carbons (Fsp3) is 0.167. The average molecular weight is 539 g/mol. The summed E-state index contributed by atoms with van der Waals surface area (Å²) in [5, 5.41) is 5.94. The van der Waals surface area contributed by atoms with Crippen molar-refractivity contribution in [3.63, 3.8) is 0 Å². The van der Waals surface area contributed by atoms with Crippen molar-refractivity contribution in [2.45, 2.75) is 32.1 Å². The van der Waals surface area contributed by atoms with Crippen LogP contribution in [-0.2, 0) is 12.8 Å². The molecule has 0 saturated carbocycles. The largest absolute Gasteiger partial charge is 0.397 e. The highest BCUT2D eigenvalue weighted by molar-refractivity contribution is 7.21. The number of nitrogen functional groups attached to an aromatic ring is 1. The van der Waals surface area contributed by atoms with Crippen LogP contribution in [0.4, 0.5) is 10.7 Å². The van der Waals surface area contributed by atoms with E-state index in [0.29, 0.717) is 32.6 Å². The van der Waals surface area contributed by atoms with Crippen LogP contribution in [0.5, 0.6) is 0 Å². The van der Waals surface area contributed by atoms with Crippen molar-refractivity contribution in [3.05, 3.63) is 98.9 Å². The summed E-state index contributed by atoms with van der Waals surface area (Å²) in [7, 11) is 0. The number of primary amides is 1. The molecule has 5 aromatic rings. The van der Waals surface area contributed by atoms with Gasteiger partial charge in [0.05, 0.1) is 11.3 Å². The highest BCUT2D eigenvalue weighted by Gasteiger charge is 2.26. The molecule has 1 aliphatic rings. The molecule has 6 nitrogen and oxygen atoms in total. The summed E-state index contributed by atoms with van der Waals surface area (Å²) in [6.07, 6.45) is 2.84. The van der Waals surface area contributed by atoms with Crippen molar-refractivity contribution in [2.75, 3.05) is 11.1 Å². The number of fused-ring (bicyclic) bond motifs is 2. The molecule has 0 aliphatic heterocycles. The smallest absolute Gasteiger partial charge is 0.268 e. The maximum Gasteiger partial charge on any atom is 0.268 e. The number of carbonyl (C=O) groups excluding carboxylic acids is 2. The number of benzene rings is 2. The predicted molar refractivity (Wildman–Crippen MR) is 156 cm³/mol. The lowest BCUT2D eigenvalue weighted by Gasteiger charge is -2.24. The lowest BCUT2D eigenvalue weighted by molar-refractivity contribution is 0.100. The van der Waals surface area contributed by atoms with Gasteiger partial charge in [-0.1, -0.05) is 60.2 Å². The molecule has 1 aliphatic carbocycles. The Morgan fingerprint density at radius 1 is 1.08 bits per heavy atom. The van der Waals surface area contributed by atoms with E-state index in [4.69, 9.17) is 16.5 Å². The number of pyridine rings is 1. The van der Waals surface area contributed by atoms with E-state index in [9.17, 15) is 9.59 Å². The molecule has 1 atom stereocenters. The summed E-state index contributed by atoms with van der Waals surface area (Å²) < 4.78 is 0. The van der Waals surface area contributed by atoms with Gasteiger partial charge in [0.15, 0.2) is 0 Å². The van der Waals surface area contributed by atoms with Gasteiger partial charge < -0.3 is 16.8 Å². The highest BCUT2D eigenvalue weighted by Crippen LogP contribution is 2.40. The van der Waals surface area contributed by atoms with Crippen LogP contribution in [0, 0.1) is 6.92 Å². The quantitative estimate of drug-likeness (QED) is 0.236. The number of rotatable bonds is 5. The van der Waals surface area contributed by atoms with E-state index in [1.54, 1.807) is 0 Å². The van der Waals surface area contributed by atoms with E-state index < -0.39 is 5.91 Å². The number of aryl methyl sites for hydroxylation is 2. The number of amides is 2. The molecule has 2 aromatic carbocycles. The molecule has 2 amide bonds. The molecule has 0 spiro atoms. The lowest BCUT2D eigenvalue weighted by Crippen LogP contribution is -2.17. The fourth-order valence-electron chi connectivity index (χ4n) is 5.17. The number of carbonyl (C=O) groups is 2. The Kier molecular flexibility index (Phi) is 6.21. The first-order valence-corrected chi connectivity index (χ1v) is 14.1. The summed E-state index contributed by atoms with van der Waals surface area (Å²) in [5.41, 5.74) is 19.2. The Labute approximate surface area is 228 Å². The maximum atomic E-state index is 13.4. The second kappa shape index (κ2) is 9.70. The molecule has 5 N–H and O–H groups in total. The van der Waals surface area contributed by atoms with Crippen LogP contribution in [-0.4, -0.2) is 16.8 Å². The molecule has 0 radical (unpaired) electrons. The van der Waals surface area contributed by atoms with E-state index in [2.05, 4.69) is 35.6 Å². The first kappa shape index (κ1) is 24.3. The highest BCUT2D eigenvalue weighted by atomic mass is 32.1. The predicted octanol–water partition coefficient (Wildman–Crippen LogP) is 6.54. The zero-order valence-corrected chi connectivity index (χ0v) is 22.4. The Bertz CT molecular complexity index is 1690. The Morgan fingerprint density at radius 3 is 2.58 bits per heavy atom. The third-order valence-electron chi connectivity index (χ3n) is 7.19. The standard InChI is InChI=1S/C30H26N4O2S2/c1-16-7-9-18(10-8-16)22-15-37-30(24(22)27(32)35)34-28(36)26-25(31)21-14-20-13-19(17-5-3-2-4-6-17)11-12-23(20)33-29(21)38-26/h2-10,14-15,19H,11-13,31H2,1H3,(H2,32,35)(H,34,36). The van der Waals surface area contributed by atoms with Crippen LogP contribution in [0.15, 0.2) is 66.0 Å². The minimum Gasteiger partial charge on any atom is -0.397 e. The van der Waals surface area contributed by atoms with Gasteiger partial charge in [-0.3, -0.25) is 9.59 Å². The summed E-state index contributed by atoms with van der Waals surface area (Å²) in [5.74, 6) is -0.520. The minimum absolute atomic E-state index is 0.299. The topological polar surface area (TPSA) is 111 Å². The summed E-state index contributed by atoms with van der Waals surface area (Å²) >= 11 is 2.55. The molecular formula is C30H26N4O2S2. The number of thiophene rings is 2. The Morgan fingerprint density at radius 2 is 1.84 bits per heavy atom. The number of hydrogen-bond acceptors (Lipinski definition) is 6. The molecule has 0 saturated heterocycles. The fourth-order valence-corrected chi connectivity index (χ4v) is 7.13. The lowest BCUT2D eigenvalue weighted by atomic mass is 9.82. The van der Waals surface area contributed by atoms with Crippen molar-refractivity contribution < 1.29 is 9.59 Å². The second-order valence-corrected chi connectivity index (χ2v) is 11.6. The molecule has 8 heteroatoms. The van der Waals surface area contributed by atoms with Crippen LogP contribution in [0.3, 0.4) is 0 Å². The van der Waals surface area contributed by atoms with E-state index in [0.717, 1.165) is 46.3 Å². The maximum absolute atomic E-state index is 13.4. The Balaban J connectivity index is 1.30. The average Bonchev–Trinajstić information content (AvgIpc) is 3.49. The normalized spacial score (nSPS) is 14.8. The van der Waals surface area contributed by atoms with Crippen LogP contribution >= 0.6 is 22.7 Å². The molecule has 1 unspecified atom stereocenters. The van der Waals surface area contributed by atoms with Crippen LogP contribution in [0.2, 0.25) is 0 Å². The number of anilines is 2. The molecule has 3 aromatic heterocycles. The van der Waals surface area contributed by atoms with Gasteiger partial charge in [0, 0.05) is 22.0 Å². The van der Waals surface area contributed by atoms with Crippen LogP contribution in [0.25, 0.3) is 21.3 Å². The van der Waals surface area contributed by atoms with Gasteiger partial charge >= 0.3 is 0 Å². The van der Waals surface area contributed by atoms with Gasteiger partial charge in [0.25, 0.3) is 11.8 Å². The van der Waals surface area contributed by atoms with Crippen molar-refractivity contribution in [2.24, 2.45) is 5.73 Å². The molecule has 0 fully saturated rings. The van der Waals surface area contributed by atoms with E-state index in [-0.39, 0.29) is 5.91 Å². The zero-order valence-electron chi connectivity index (χ0n) is 20.8. The van der Waals surface area contributed by atoms with Crippen molar-refractivity contribution in [1.29, 1.82) is 0 Å². The summed E-state index contributed by atoms with van der Waals surface area (Å²) in [6, 6.07) is 20.5. The van der Waals surface area contributed by atoms with Gasteiger partial charge in [-0.05, 0) is 54.9 Å². The van der Waals surface area contributed by atoms with E-state index >= 15 is 0 Å². The molecule has 0 bridgehead atoms.